The predicted molar refractivity (Wildman–Crippen MR) is 115 cm³/mol. The van der Waals surface area contributed by atoms with Crippen LogP contribution < -0.4 is 15.5 Å². The standard InChI is InChI=1S/C23H23F3N4O3/c1-14-22(2,21(33)27-3)12-18(19(31)29-13-15-7-9-28-10-8-15)20(32)30(14)17-6-4-5-16(11-17)23(24,25)26/h4-12,14H,13H2,1-3H3,(H,27,33)(H,29,31). The highest BCUT2D eigenvalue weighted by molar-refractivity contribution is 6.25. The van der Waals surface area contributed by atoms with E-state index in [2.05, 4.69) is 15.6 Å². The fraction of sp³-hybridized carbons (Fsp3) is 0.304. The van der Waals surface area contributed by atoms with Gasteiger partial charge in [0, 0.05) is 31.7 Å². The number of pyridine rings is 1. The molecule has 3 rings (SSSR count). The molecule has 0 aliphatic carbocycles. The van der Waals surface area contributed by atoms with E-state index in [9.17, 15) is 27.6 Å². The van der Waals surface area contributed by atoms with Gasteiger partial charge >= 0.3 is 6.18 Å². The highest BCUT2D eigenvalue weighted by atomic mass is 19.4. The maximum Gasteiger partial charge on any atom is 0.416 e. The van der Waals surface area contributed by atoms with Gasteiger partial charge in [-0.05, 0) is 55.8 Å². The number of aromatic nitrogens is 1. The van der Waals surface area contributed by atoms with Crippen LogP contribution in [0, 0.1) is 5.41 Å². The maximum absolute atomic E-state index is 13.3. The number of alkyl halides is 3. The Labute approximate surface area is 188 Å². The summed E-state index contributed by atoms with van der Waals surface area (Å²) >= 11 is 0. The normalized spacial score (nSPS) is 20.8. The molecule has 1 aliphatic heterocycles. The molecule has 2 unspecified atom stereocenters. The molecule has 1 aliphatic rings. The summed E-state index contributed by atoms with van der Waals surface area (Å²) in [6.45, 7) is 3.18. The Hall–Kier alpha value is -3.69. The van der Waals surface area contributed by atoms with E-state index in [1.54, 1.807) is 31.5 Å². The summed E-state index contributed by atoms with van der Waals surface area (Å²) < 4.78 is 39.8. The Morgan fingerprint density at radius 2 is 1.85 bits per heavy atom. The van der Waals surface area contributed by atoms with Crippen LogP contribution in [0.15, 0.2) is 60.4 Å². The second-order valence-corrected chi connectivity index (χ2v) is 7.86. The maximum atomic E-state index is 13.3. The SMILES string of the molecule is CNC(=O)C1(C)C=C(C(=O)NCc2ccncc2)C(=O)N(c2cccc(C(F)(F)F)c2)C1C. The minimum Gasteiger partial charge on any atom is -0.358 e. The summed E-state index contributed by atoms with van der Waals surface area (Å²) in [7, 11) is 1.41. The topological polar surface area (TPSA) is 91.4 Å². The van der Waals surface area contributed by atoms with Gasteiger partial charge in [-0.2, -0.15) is 13.2 Å². The Kier molecular flexibility index (Phi) is 6.57. The lowest BCUT2D eigenvalue weighted by Crippen LogP contribution is -2.58. The molecule has 10 heteroatoms. The van der Waals surface area contributed by atoms with E-state index in [1.807, 2.05) is 0 Å². The van der Waals surface area contributed by atoms with Crippen molar-refractivity contribution in [1.29, 1.82) is 0 Å². The van der Waals surface area contributed by atoms with Crippen LogP contribution in [0.4, 0.5) is 18.9 Å². The number of rotatable bonds is 5. The largest absolute Gasteiger partial charge is 0.416 e. The molecule has 3 amide bonds. The van der Waals surface area contributed by atoms with Crippen molar-refractivity contribution in [2.75, 3.05) is 11.9 Å². The molecule has 0 saturated heterocycles. The summed E-state index contributed by atoms with van der Waals surface area (Å²) in [5.41, 5.74) is -1.98. The summed E-state index contributed by atoms with van der Waals surface area (Å²) in [5, 5.41) is 5.13. The fourth-order valence-corrected chi connectivity index (χ4v) is 3.69. The van der Waals surface area contributed by atoms with Crippen molar-refractivity contribution in [3.63, 3.8) is 0 Å². The number of amides is 3. The average Bonchev–Trinajstić information content (AvgIpc) is 2.80. The van der Waals surface area contributed by atoms with Crippen molar-refractivity contribution < 1.29 is 27.6 Å². The first kappa shape index (κ1) is 24.0. The van der Waals surface area contributed by atoms with Crippen molar-refractivity contribution in [2.45, 2.75) is 32.6 Å². The van der Waals surface area contributed by atoms with Gasteiger partial charge in [0.05, 0.1) is 17.0 Å². The van der Waals surface area contributed by atoms with Gasteiger partial charge in [0.15, 0.2) is 0 Å². The van der Waals surface area contributed by atoms with Crippen molar-refractivity contribution in [2.24, 2.45) is 5.41 Å². The van der Waals surface area contributed by atoms with E-state index in [0.717, 1.165) is 22.6 Å². The Morgan fingerprint density at radius 3 is 2.45 bits per heavy atom. The van der Waals surface area contributed by atoms with E-state index in [1.165, 1.54) is 32.2 Å². The number of hydrogen-bond donors (Lipinski definition) is 2. The summed E-state index contributed by atoms with van der Waals surface area (Å²) in [6.07, 6.45) is -0.244. The second kappa shape index (κ2) is 9.05. The molecule has 0 radical (unpaired) electrons. The van der Waals surface area contributed by atoms with E-state index in [-0.39, 0.29) is 17.8 Å². The Balaban J connectivity index is 2.02. The molecule has 2 N–H and O–H groups in total. The molecule has 33 heavy (non-hydrogen) atoms. The van der Waals surface area contributed by atoms with Crippen LogP contribution in [0.1, 0.15) is 25.0 Å². The van der Waals surface area contributed by atoms with Crippen molar-refractivity contribution in [3.05, 3.63) is 71.6 Å². The van der Waals surface area contributed by atoms with Crippen LogP contribution >= 0.6 is 0 Å². The van der Waals surface area contributed by atoms with Gasteiger partial charge in [0.2, 0.25) is 5.91 Å². The molecule has 0 spiro atoms. The first-order valence-corrected chi connectivity index (χ1v) is 10.1. The number of carbonyl (C=O) groups excluding carboxylic acids is 3. The molecule has 1 aromatic carbocycles. The number of benzene rings is 1. The molecular weight excluding hydrogens is 437 g/mol. The molecule has 2 aromatic rings. The van der Waals surface area contributed by atoms with Crippen LogP contribution in [0.5, 0.6) is 0 Å². The Bertz CT molecular complexity index is 1100. The third kappa shape index (κ3) is 4.74. The molecule has 1 aromatic heterocycles. The van der Waals surface area contributed by atoms with Gasteiger partial charge in [-0.3, -0.25) is 19.4 Å². The first-order chi connectivity index (χ1) is 15.5. The molecule has 174 valence electrons. The van der Waals surface area contributed by atoms with E-state index in [4.69, 9.17) is 0 Å². The second-order valence-electron chi connectivity index (χ2n) is 7.86. The van der Waals surface area contributed by atoms with Gasteiger partial charge in [-0.15, -0.1) is 0 Å². The zero-order chi connectivity index (χ0) is 24.4. The molecule has 2 heterocycles. The number of nitrogens with one attached hydrogen (secondary N) is 2. The monoisotopic (exact) mass is 460 g/mol. The zero-order valence-corrected chi connectivity index (χ0v) is 18.2. The summed E-state index contributed by atoms with van der Waals surface area (Å²) in [5.74, 6) is -2.02. The van der Waals surface area contributed by atoms with Crippen LogP contribution in [0.25, 0.3) is 0 Å². The number of carbonyl (C=O) groups is 3. The van der Waals surface area contributed by atoms with Crippen molar-refractivity contribution in [3.8, 4) is 0 Å². The number of nitrogens with zero attached hydrogens (tertiary/aromatic N) is 2. The lowest BCUT2D eigenvalue weighted by molar-refractivity contribution is -0.138. The van der Waals surface area contributed by atoms with Gasteiger partial charge < -0.3 is 15.5 Å². The molecule has 0 saturated carbocycles. The smallest absolute Gasteiger partial charge is 0.358 e. The lowest BCUT2D eigenvalue weighted by Gasteiger charge is -2.43. The van der Waals surface area contributed by atoms with E-state index >= 15 is 0 Å². The van der Waals surface area contributed by atoms with Crippen LogP contribution in [0.3, 0.4) is 0 Å². The molecule has 7 nitrogen and oxygen atoms in total. The van der Waals surface area contributed by atoms with Crippen LogP contribution in [-0.4, -0.2) is 35.8 Å². The lowest BCUT2D eigenvalue weighted by atomic mass is 9.76. The van der Waals surface area contributed by atoms with Crippen molar-refractivity contribution >= 4 is 23.4 Å². The third-order valence-electron chi connectivity index (χ3n) is 5.76. The minimum absolute atomic E-state index is 0.0648. The van der Waals surface area contributed by atoms with Crippen LogP contribution in [-0.2, 0) is 27.1 Å². The van der Waals surface area contributed by atoms with Gasteiger partial charge in [-0.1, -0.05) is 6.07 Å². The van der Waals surface area contributed by atoms with Crippen LogP contribution in [0.2, 0.25) is 0 Å². The highest BCUT2D eigenvalue weighted by Crippen LogP contribution is 2.39. The molecule has 2 atom stereocenters. The van der Waals surface area contributed by atoms with E-state index < -0.39 is 40.9 Å². The number of anilines is 1. The fourth-order valence-electron chi connectivity index (χ4n) is 3.69. The minimum atomic E-state index is -4.62. The molecule has 0 fully saturated rings. The molecular formula is C23H23F3N4O3. The average molecular weight is 460 g/mol. The quantitative estimate of drug-likeness (QED) is 0.672. The first-order valence-electron chi connectivity index (χ1n) is 10.1. The third-order valence-corrected chi connectivity index (χ3v) is 5.76. The highest BCUT2D eigenvalue weighted by Gasteiger charge is 2.48. The van der Waals surface area contributed by atoms with E-state index in [0.29, 0.717) is 0 Å². The number of halogens is 3. The van der Waals surface area contributed by atoms with Gasteiger partial charge in [0.1, 0.15) is 5.57 Å². The van der Waals surface area contributed by atoms with Crippen molar-refractivity contribution in [1.82, 2.24) is 15.6 Å². The number of hydrogen-bond acceptors (Lipinski definition) is 4. The Morgan fingerprint density at radius 1 is 1.18 bits per heavy atom. The molecule has 0 bridgehead atoms. The summed E-state index contributed by atoms with van der Waals surface area (Å²) in [6, 6.07) is 6.73. The zero-order valence-electron chi connectivity index (χ0n) is 18.2. The summed E-state index contributed by atoms with van der Waals surface area (Å²) in [4.78, 5) is 44.0. The predicted octanol–water partition coefficient (Wildman–Crippen LogP) is 2.83. The van der Waals surface area contributed by atoms with Gasteiger partial charge in [-0.25, -0.2) is 0 Å². The van der Waals surface area contributed by atoms with Gasteiger partial charge in [0.25, 0.3) is 11.8 Å².